The average molecular weight is 156 g/mol. The van der Waals surface area contributed by atoms with Crippen molar-refractivity contribution in [3.8, 4) is 0 Å². The second-order valence-electron chi connectivity index (χ2n) is 3.17. The summed E-state index contributed by atoms with van der Waals surface area (Å²) in [5, 5.41) is 19.0. The quantitative estimate of drug-likeness (QED) is 0.498. The lowest BCUT2D eigenvalue weighted by atomic mass is 9.82. The highest BCUT2D eigenvalue weighted by Crippen LogP contribution is 2.30. The van der Waals surface area contributed by atoms with E-state index >= 15 is 0 Å². The molecule has 0 saturated carbocycles. The molecular weight excluding hydrogens is 143 g/mol. The second kappa shape index (κ2) is 2.77. The van der Waals surface area contributed by atoms with E-state index in [1.54, 1.807) is 0 Å². The van der Waals surface area contributed by atoms with Crippen LogP contribution >= 0.6 is 0 Å². The maximum absolute atomic E-state index is 9.53. The Balaban J connectivity index is 2.71. The van der Waals surface area contributed by atoms with Gasteiger partial charge in [-0.15, -0.1) is 0 Å². The molecule has 1 fully saturated rings. The zero-order valence-electron chi connectivity index (χ0n) is 6.82. The molecule has 0 bridgehead atoms. The molecule has 1 rings (SSSR count). The number of aliphatic hydroxyl groups is 2. The van der Waals surface area contributed by atoms with Crippen molar-refractivity contribution in [2.24, 2.45) is 0 Å². The first kappa shape index (κ1) is 9.04. The molecule has 1 saturated heterocycles. The van der Waals surface area contributed by atoms with E-state index in [2.05, 4.69) is 0 Å². The minimum atomic E-state index is -1.30. The third-order valence-electron chi connectivity index (χ3n) is 2.25. The Labute approximate surface area is 67.8 Å². The lowest BCUT2D eigenvalue weighted by molar-refractivity contribution is -0.0425. The van der Waals surface area contributed by atoms with E-state index in [0.717, 1.165) is 0 Å². The topological polar surface area (TPSA) is 49.7 Å². The Kier molecular flexibility index (Phi) is 2.28. The monoisotopic (exact) mass is 156 g/mol. The maximum Gasteiger partial charge on any atom is 0.113 e. The molecule has 2 radical (unpaired) electrons. The number of rotatable bonds is 1. The van der Waals surface area contributed by atoms with Gasteiger partial charge in [0.05, 0.1) is 6.10 Å². The summed E-state index contributed by atoms with van der Waals surface area (Å²) in [6.45, 7) is 3.36. The van der Waals surface area contributed by atoms with Gasteiger partial charge in [-0.25, -0.2) is 0 Å². The van der Waals surface area contributed by atoms with Crippen molar-refractivity contribution in [1.29, 1.82) is 0 Å². The van der Waals surface area contributed by atoms with Crippen molar-refractivity contribution >= 4 is 7.85 Å². The minimum Gasteiger partial charge on any atom is -0.387 e. The average Bonchev–Trinajstić information content (AvgIpc) is 2.14. The predicted octanol–water partition coefficient (Wildman–Crippen LogP) is -0.598. The maximum atomic E-state index is 9.53. The molecule has 2 N–H and O–H groups in total. The molecule has 3 nitrogen and oxygen atoms in total. The molecule has 0 aromatic rings. The molecule has 4 heteroatoms. The summed E-state index contributed by atoms with van der Waals surface area (Å²) in [6, 6.07) is -0.776. The van der Waals surface area contributed by atoms with Gasteiger partial charge in [-0.3, -0.25) is 0 Å². The molecular formula is C7H13BO3. The smallest absolute Gasteiger partial charge is 0.113 e. The largest absolute Gasteiger partial charge is 0.387 e. The van der Waals surface area contributed by atoms with Crippen molar-refractivity contribution in [3.63, 3.8) is 0 Å². The van der Waals surface area contributed by atoms with Gasteiger partial charge in [0.2, 0.25) is 0 Å². The summed E-state index contributed by atoms with van der Waals surface area (Å²) in [6.07, 6.45) is -0.548. The summed E-state index contributed by atoms with van der Waals surface area (Å²) in [5.41, 5.74) is -1.30. The van der Waals surface area contributed by atoms with Crippen LogP contribution in [-0.4, -0.2) is 41.9 Å². The van der Waals surface area contributed by atoms with E-state index in [1.807, 2.05) is 6.92 Å². The summed E-state index contributed by atoms with van der Waals surface area (Å²) in [7, 11) is 5.44. The lowest BCUT2D eigenvalue weighted by Crippen LogP contribution is -2.45. The van der Waals surface area contributed by atoms with Crippen LogP contribution in [-0.2, 0) is 4.74 Å². The highest BCUT2D eigenvalue weighted by molar-refractivity contribution is 6.12. The highest BCUT2D eigenvalue weighted by Gasteiger charge is 2.48. The van der Waals surface area contributed by atoms with E-state index in [0.29, 0.717) is 6.42 Å². The third kappa shape index (κ3) is 1.30. The van der Waals surface area contributed by atoms with Crippen LogP contribution in [0.3, 0.4) is 0 Å². The van der Waals surface area contributed by atoms with Crippen LogP contribution in [0, 0.1) is 0 Å². The Bertz CT molecular complexity index is 149. The molecule has 4 atom stereocenters. The Morgan fingerprint density at radius 1 is 1.64 bits per heavy atom. The van der Waals surface area contributed by atoms with Crippen molar-refractivity contribution in [2.75, 3.05) is 0 Å². The van der Waals surface area contributed by atoms with Gasteiger partial charge >= 0.3 is 0 Å². The molecule has 62 valence electrons. The standard InChI is InChI=1S/C7H13BO3/c1-3-4-5(9)7(2,10)6(8)11-4/h4-6,9-10H,3H2,1-2H3/t4-,5-,6-,7-/m1/s1. The van der Waals surface area contributed by atoms with Gasteiger partial charge in [-0.2, -0.15) is 0 Å². The highest BCUT2D eigenvalue weighted by atomic mass is 16.5. The van der Waals surface area contributed by atoms with Crippen molar-refractivity contribution in [3.05, 3.63) is 0 Å². The van der Waals surface area contributed by atoms with Gasteiger partial charge < -0.3 is 14.9 Å². The van der Waals surface area contributed by atoms with Crippen LogP contribution in [0.5, 0.6) is 0 Å². The van der Waals surface area contributed by atoms with Crippen LogP contribution in [0.4, 0.5) is 0 Å². The van der Waals surface area contributed by atoms with E-state index in [1.165, 1.54) is 6.92 Å². The molecule has 1 heterocycles. The van der Waals surface area contributed by atoms with E-state index < -0.39 is 17.7 Å². The first-order valence-electron chi connectivity index (χ1n) is 3.81. The number of ether oxygens (including phenoxy) is 1. The Morgan fingerprint density at radius 3 is 2.36 bits per heavy atom. The third-order valence-corrected chi connectivity index (χ3v) is 2.25. The van der Waals surface area contributed by atoms with Gasteiger partial charge in [0, 0.05) is 6.00 Å². The molecule has 0 aliphatic carbocycles. The Morgan fingerprint density at radius 2 is 2.18 bits per heavy atom. The number of aliphatic hydroxyl groups excluding tert-OH is 1. The molecule has 11 heavy (non-hydrogen) atoms. The van der Waals surface area contributed by atoms with E-state index in [9.17, 15) is 10.2 Å². The fraction of sp³-hybridized carbons (Fsp3) is 1.00. The molecule has 0 aromatic heterocycles. The zero-order chi connectivity index (χ0) is 8.65. The van der Waals surface area contributed by atoms with Crippen LogP contribution in [0.15, 0.2) is 0 Å². The SMILES string of the molecule is [B][C@@H]1O[C@H](CC)[C@@H](O)[C@@]1(C)O. The van der Waals surface area contributed by atoms with Crippen molar-refractivity contribution in [1.82, 2.24) is 0 Å². The molecule has 0 aromatic carbocycles. The van der Waals surface area contributed by atoms with Crippen molar-refractivity contribution < 1.29 is 14.9 Å². The summed E-state index contributed by atoms with van der Waals surface area (Å²) in [5.74, 6) is 0. The van der Waals surface area contributed by atoms with Crippen LogP contribution in [0.25, 0.3) is 0 Å². The van der Waals surface area contributed by atoms with Gasteiger partial charge in [-0.05, 0) is 13.3 Å². The molecule has 1 aliphatic rings. The Hall–Kier alpha value is -0.0551. The van der Waals surface area contributed by atoms with Gasteiger partial charge in [0.25, 0.3) is 0 Å². The fourth-order valence-electron chi connectivity index (χ4n) is 1.26. The normalized spacial score (nSPS) is 51.5. The number of hydrogen-bond acceptors (Lipinski definition) is 3. The summed E-state index contributed by atoms with van der Waals surface area (Å²) in [4.78, 5) is 0. The first-order chi connectivity index (χ1) is 5.00. The molecule has 0 amide bonds. The first-order valence-corrected chi connectivity index (χ1v) is 3.81. The molecule has 0 spiro atoms. The van der Waals surface area contributed by atoms with Gasteiger partial charge in [0.15, 0.2) is 0 Å². The molecule has 0 unspecified atom stereocenters. The van der Waals surface area contributed by atoms with Crippen LogP contribution < -0.4 is 0 Å². The predicted molar refractivity (Wildman–Crippen MR) is 41.3 cm³/mol. The van der Waals surface area contributed by atoms with Gasteiger partial charge in [-0.1, -0.05) is 6.92 Å². The zero-order valence-corrected chi connectivity index (χ0v) is 6.82. The van der Waals surface area contributed by atoms with Crippen LogP contribution in [0.2, 0.25) is 0 Å². The van der Waals surface area contributed by atoms with E-state index in [4.69, 9.17) is 12.6 Å². The van der Waals surface area contributed by atoms with Gasteiger partial charge in [0.1, 0.15) is 19.6 Å². The summed E-state index contributed by atoms with van der Waals surface area (Å²) >= 11 is 0. The second-order valence-corrected chi connectivity index (χ2v) is 3.17. The van der Waals surface area contributed by atoms with Crippen LogP contribution in [0.1, 0.15) is 20.3 Å². The fourth-order valence-corrected chi connectivity index (χ4v) is 1.26. The minimum absolute atomic E-state index is 0.333. The van der Waals surface area contributed by atoms with E-state index in [-0.39, 0.29) is 6.10 Å². The summed E-state index contributed by atoms with van der Waals surface area (Å²) < 4.78 is 5.12. The molecule has 1 aliphatic heterocycles. The van der Waals surface area contributed by atoms with Crippen molar-refractivity contribution in [2.45, 2.75) is 44.1 Å². The number of hydrogen-bond donors (Lipinski definition) is 2. The lowest BCUT2D eigenvalue weighted by Gasteiger charge is -2.24.